The van der Waals surface area contributed by atoms with Crippen LogP contribution in [0, 0.1) is 0 Å². The van der Waals surface area contributed by atoms with E-state index >= 15 is 0 Å². The van der Waals surface area contributed by atoms with Crippen LogP contribution in [0.2, 0.25) is 0 Å². The Morgan fingerprint density at radius 1 is 1.32 bits per heavy atom. The zero-order valence-electron chi connectivity index (χ0n) is 13.0. The predicted octanol–water partition coefficient (Wildman–Crippen LogP) is 1.19. The van der Waals surface area contributed by atoms with Gasteiger partial charge in [-0.3, -0.25) is 4.79 Å². The first-order valence-electron chi connectivity index (χ1n) is 7.40. The van der Waals surface area contributed by atoms with Crippen LogP contribution in [0.3, 0.4) is 0 Å². The van der Waals surface area contributed by atoms with E-state index in [1.54, 1.807) is 24.1 Å². The molecule has 1 aliphatic heterocycles. The molecule has 0 atom stereocenters. The number of hydrogen-bond acceptors (Lipinski definition) is 4. The van der Waals surface area contributed by atoms with Gasteiger partial charge in [-0.15, -0.1) is 0 Å². The lowest BCUT2D eigenvalue weighted by atomic mass is 10.2. The molecule has 2 rings (SSSR count). The number of hydrogen-bond donors (Lipinski definition) is 0. The fourth-order valence-electron chi connectivity index (χ4n) is 2.38. The van der Waals surface area contributed by atoms with E-state index in [0.717, 1.165) is 6.42 Å². The molecule has 1 fully saturated rings. The summed E-state index contributed by atoms with van der Waals surface area (Å²) in [5.74, 6) is -0.166. The van der Waals surface area contributed by atoms with Gasteiger partial charge < -0.3 is 9.64 Å². The van der Waals surface area contributed by atoms with Crippen LogP contribution in [-0.2, 0) is 14.8 Å². The third-order valence-corrected chi connectivity index (χ3v) is 5.49. The summed E-state index contributed by atoms with van der Waals surface area (Å²) in [4.78, 5) is 14.0. The minimum Gasteiger partial charge on any atom is -0.379 e. The molecular formula is C15H22N2O4S. The van der Waals surface area contributed by atoms with Gasteiger partial charge in [0.05, 0.1) is 18.1 Å². The normalized spacial score (nSPS) is 16.5. The Morgan fingerprint density at radius 2 is 2.00 bits per heavy atom. The molecule has 0 bridgehead atoms. The van der Waals surface area contributed by atoms with Crippen molar-refractivity contribution in [3.8, 4) is 0 Å². The molecule has 0 spiro atoms. The highest BCUT2D eigenvalue weighted by Crippen LogP contribution is 2.19. The van der Waals surface area contributed by atoms with Crippen molar-refractivity contribution in [2.75, 3.05) is 39.9 Å². The van der Waals surface area contributed by atoms with Gasteiger partial charge >= 0.3 is 0 Å². The molecule has 0 aromatic heterocycles. The molecule has 6 nitrogen and oxygen atoms in total. The predicted molar refractivity (Wildman–Crippen MR) is 83.3 cm³/mol. The highest BCUT2D eigenvalue weighted by Gasteiger charge is 2.27. The Labute approximate surface area is 131 Å². The summed E-state index contributed by atoms with van der Waals surface area (Å²) >= 11 is 0. The summed E-state index contributed by atoms with van der Waals surface area (Å²) < 4.78 is 31.8. The van der Waals surface area contributed by atoms with Crippen molar-refractivity contribution in [1.29, 1.82) is 0 Å². The van der Waals surface area contributed by atoms with Crippen molar-refractivity contribution in [3.05, 3.63) is 29.8 Å². The number of benzene rings is 1. The largest absolute Gasteiger partial charge is 0.379 e. The SMILES string of the molecule is CCCN(C)C(=O)c1cccc(S(=O)(=O)N2CCOCC2)c1. The standard InChI is InChI=1S/C15H22N2O4S/c1-3-7-16(2)15(18)13-5-4-6-14(12-13)22(19,20)17-8-10-21-11-9-17/h4-6,12H,3,7-11H2,1-2H3. The molecule has 0 aliphatic carbocycles. The van der Waals surface area contributed by atoms with Gasteiger partial charge in [0.25, 0.3) is 5.91 Å². The second-order valence-electron chi connectivity index (χ2n) is 5.27. The van der Waals surface area contributed by atoms with E-state index in [-0.39, 0.29) is 10.8 Å². The molecular weight excluding hydrogens is 304 g/mol. The average Bonchev–Trinajstić information content (AvgIpc) is 2.55. The Hall–Kier alpha value is -1.44. The summed E-state index contributed by atoms with van der Waals surface area (Å²) in [7, 11) is -1.86. The lowest BCUT2D eigenvalue weighted by molar-refractivity contribution is 0.0730. The van der Waals surface area contributed by atoms with Crippen LogP contribution in [-0.4, -0.2) is 63.4 Å². The molecule has 7 heteroatoms. The van der Waals surface area contributed by atoms with Crippen LogP contribution in [0.1, 0.15) is 23.7 Å². The molecule has 0 unspecified atom stereocenters. The maximum atomic E-state index is 12.6. The van der Waals surface area contributed by atoms with Gasteiger partial charge in [0.2, 0.25) is 10.0 Å². The van der Waals surface area contributed by atoms with Gasteiger partial charge in [-0.05, 0) is 24.6 Å². The minimum absolute atomic E-state index is 0.158. The monoisotopic (exact) mass is 326 g/mol. The first kappa shape index (κ1) is 16.9. The number of carbonyl (C=O) groups excluding carboxylic acids is 1. The van der Waals surface area contributed by atoms with Crippen LogP contribution in [0.15, 0.2) is 29.2 Å². The second kappa shape index (κ2) is 7.21. The van der Waals surface area contributed by atoms with Gasteiger partial charge in [0.15, 0.2) is 0 Å². The molecule has 0 radical (unpaired) electrons. The average molecular weight is 326 g/mol. The Kier molecular flexibility index (Phi) is 5.55. The zero-order valence-corrected chi connectivity index (χ0v) is 13.8. The van der Waals surface area contributed by atoms with Crippen molar-refractivity contribution in [2.24, 2.45) is 0 Å². The maximum Gasteiger partial charge on any atom is 0.253 e. The van der Waals surface area contributed by atoms with E-state index in [2.05, 4.69) is 0 Å². The van der Waals surface area contributed by atoms with Gasteiger partial charge in [-0.1, -0.05) is 13.0 Å². The van der Waals surface area contributed by atoms with Crippen LogP contribution in [0.4, 0.5) is 0 Å². The van der Waals surface area contributed by atoms with E-state index in [0.29, 0.717) is 38.4 Å². The molecule has 1 aromatic rings. The molecule has 0 saturated carbocycles. The Balaban J connectivity index is 2.25. The number of nitrogens with zero attached hydrogens (tertiary/aromatic N) is 2. The van der Waals surface area contributed by atoms with Crippen molar-refractivity contribution in [3.63, 3.8) is 0 Å². The molecule has 1 saturated heterocycles. The number of sulfonamides is 1. The highest BCUT2D eigenvalue weighted by molar-refractivity contribution is 7.89. The fourth-order valence-corrected chi connectivity index (χ4v) is 3.84. The van der Waals surface area contributed by atoms with Crippen molar-refractivity contribution in [2.45, 2.75) is 18.2 Å². The highest BCUT2D eigenvalue weighted by atomic mass is 32.2. The Bertz CT molecular complexity index is 624. The molecule has 1 aromatic carbocycles. The van der Waals surface area contributed by atoms with E-state index in [4.69, 9.17) is 4.74 Å². The molecule has 122 valence electrons. The quantitative estimate of drug-likeness (QED) is 0.815. The third-order valence-electron chi connectivity index (χ3n) is 3.59. The lowest BCUT2D eigenvalue weighted by Crippen LogP contribution is -2.40. The Morgan fingerprint density at radius 3 is 2.64 bits per heavy atom. The van der Waals surface area contributed by atoms with E-state index in [1.165, 1.54) is 16.4 Å². The zero-order chi connectivity index (χ0) is 16.2. The van der Waals surface area contributed by atoms with Crippen molar-refractivity contribution in [1.82, 2.24) is 9.21 Å². The van der Waals surface area contributed by atoms with Crippen molar-refractivity contribution >= 4 is 15.9 Å². The van der Waals surface area contributed by atoms with Gasteiger partial charge in [0, 0.05) is 32.2 Å². The number of ether oxygens (including phenoxy) is 1. The van der Waals surface area contributed by atoms with Crippen LogP contribution >= 0.6 is 0 Å². The summed E-state index contributed by atoms with van der Waals surface area (Å²) in [5.41, 5.74) is 0.394. The van der Waals surface area contributed by atoms with Crippen molar-refractivity contribution < 1.29 is 17.9 Å². The number of rotatable bonds is 5. The van der Waals surface area contributed by atoms with Crippen LogP contribution < -0.4 is 0 Å². The maximum absolute atomic E-state index is 12.6. The van der Waals surface area contributed by atoms with E-state index in [9.17, 15) is 13.2 Å². The summed E-state index contributed by atoms with van der Waals surface area (Å²) in [5, 5.41) is 0. The van der Waals surface area contributed by atoms with E-state index in [1.807, 2.05) is 6.92 Å². The summed E-state index contributed by atoms with van der Waals surface area (Å²) in [6.45, 7) is 4.11. The smallest absolute Gasteiger partial charge is 0.253 e. The topological polar surface area (TPSA) is 66.9 Å². The number of carbonyl (C=O) groups is 1. The molecule has 22 heavy (non-hydrogen) atoms. The molecule has 1 aliphatic rings. The summed E-state index contributed by atoms with van der Waals surface area (Å²) in [6.07, 6.45) is 0.855. The minimum atomic E-state index is -3.57. The molecule has 0 N–H and O–H groups in total. The second-order valence-corrected chi connectivity index (χ2v) is 7.21. The third kappa shape index (κ3) is 3.66. The van der Waals surface area contributed by atoms with E-state index < -0.39 is 10.0 Å². The van der Waals surface area contributed by atoms with Gasteiger partial charge in [0.1, 0.15) is 0 Å². The lowest BCUT2D eigenvalue weighted by Gasteiger charge is -2.26. The number of amides is 1. The molecule has 1 heterocycles. The number of morpholine rings is 1. The van der Waals surface area contributed by atoms with Crippen LogP contribution in [0.25, 0.3) is 0 Å². The first-order chi connectivity index (χ1) is 10.5. The van der Waals surface area contributed by atoms with Crippen LogP contribution in [0.5, 0.6) is 0 Å². The summed E-state index contributed by atoms with van der Waals surface area (Å²) in [6, 6.07) is 6.24. The fraction of sp³-hybridized carbons (Fsp3) is 0.533. The van der Waals surface area contributed by atoms with Gasteiger partial charge in [-0.2, -0.15) is 4.31 Å². The first-order valence-corrected chi connectivity index (χ1v) is 8.84. The van der Waals surface area contributed by atoms with Gasteiger partial charge in [-0.25, -0.2) is 8.42 Å². The molecule has 1 amide bonds.